The summed E-state index contributed by atoms with van der Waals surface area (Å²) in [4.78, 5) is 7.37. The maximum Gasteiger partial charge on any atom is 0.263 e. The topological polar surface area (TPSA) is 98.0 Å². The highest BCUT2D eigenvalue weighted by molar-refractivity contribution is 7.92. The number of sulfonamides is 1. The van der Waals surface area contributed by atoms with Gasteiger partial charge in [0, 0.05) is 24.2 Å². The van der Waals surface area contributed by atoms with Gasteiger partial charge in [-0.25, -0.2) is 22.2 Å². The first kappa shape index (κ1) is 18.3. The van der Waals surface area contributed by atoms with Gasteiger partial charge in [-0.05, 0) is 36.4 Å². The minimum absolute atomic E-state index is 0.158. The number of nitrogens with one attached hydrogen (secondary N) is 1. The van der Waals surface area contributed by atoms with Crippen molar-refractivity contribution >= 4 is 21.5 Å². The Morgan fingerprint density at radius 3 is 2.52 bits per heavy atom. The third kappa shape index (κ3) is 4.19. The number of halogens is 2. The van der Waals surface area contributed by atoms with Crippen molar-refractivity contribution in [3.63, 3.8) is 0 Å². The second-order valence-corrected chi connectivity index (χ2v) is 6.98. The maximum absolute atomic E-state index is 14.6. The van der Waals surface area contributed by atoms with E-state index in [0.29, 0.717) is 5.56 Å². The smallest absolute Gasteiger partial charge is 0.263 e. The Kier molecular flexibility index (Phi) is 5.00. The van der Waals surface area contributed by atoms with Gasteiger partial charge in [-0.2, -0.15) is 0 Å². The highest BCUT2D eigenvalue weighted by Gasteiger charge is 2.19. The van der Waals surface area contributed by atoms with Crippen molar-refractivity contribution in [2.75, 3.05) is 10.5 Å². The molecule has 0 saturated heterocycles. The van der Waals surface area contributed by atoms with Crippen LogP contribution in [-0.4, -0.2) is 18.4 Å². The van der Waals surface area contributed by atoms with Crippen LogP contribution >= 0.6 is 0 Å². The zero-order valence-corrected chi connectivity index (χ0v) is 14.5. The largest absolute Gasteiger partial charge is 0.384 e. The molecule has 2 aromatic heterocycles. The number of hydrogen-bond donors (Lipinski definition) is 2. The van der Waals surface area contributed by atoms with Crippen molar-refractivity contribution in [1.82, 2.24) is 9.97 Å². The van der Waals surface area contributed by atoms with Gasteiger partial charge < -0.3 is 5.73 Å². The molecule has 1 aromatic carbocycles. The molecule has 0 spiro atoms. The summed E-state index contributed by atoms with van der Waals surface area (Å²) in [5.74, 6) is 3.14. The number of rotatable bonds is 3. The molecule has 0 amide bonds. The van der Waals surface area contributed by atoms with Crippen molar-refractivity contribution < 1.29 is 17.2 Å². The molecule has 136 valence electrons. The number of pyridine rings is 2. The summed E-state index contributed by atoms with van der Waals surface area (Å²) in [6.45, 7) is 0. The Labute approximate surface area is 154 Å². The summed E-state index contributed by atoms with van der Waals surface area (Å²) in [6, 6.07) is 7.66. The van der Waals surface area contributed by atoms with E-state index in [2.05, 4.69) is 26.5 Å². The molecule has 6 nitrogen and oxygen atoms in total. The molecule has 9 heteroatoms. The molecule has 0 unspecified atom stereocenters. The van der Waals surface area contributed by atoms with Crippen LogP contribution in [0.4, 0.5) is 20.3 Å². The SMILES string of the molecule is Nc1ccc(C#Cc2c(F)ccc(NS(=O)(=O)c3cccnc3)c2F)cn1. The van der Waals surface area contributed by atoms with Crippen LogP contribution in [0.25, 0.3) is 0 Å². The third-order valence-corrected chi connectivity index (χ3v) is 4.75. The number of nitrogens with zero attached hydrogens (tertiary/aromatic N) is 2. The summed E-state index contributed by atoms with van der Waals surface area (Å²) >= 11 is 0. The van der Waals surface area contributed by atoms with Crippen LogP contribution in [0.3, 0.4) is 0 Å². The van der Waals surface area contributed by atoms with E-state index in [4.69, 9.17) is 5.73 Å². The van der Waals surface area contributed by atoms with E-state index in [-0.39, 0.29) is 10.7 Å². The second-order valence-electron chi connectivity index (χ2n) is 5.30. The summed E-state index contributed by atoms with van der Waals surface area (Å²) < 4.78 is 55.3. The van der Waals surface area contributed by atoms with E-state index in [1.54, 1.807) is 6.07 Å². The predicted molar refractivity (Wildman–Crippen MR) is 96.0 cm³/mol. The van der Waals surface area contributed by atoms with E-state index >= 15 is 0 Å². The molecular formula is C18H12F2N4O2S. The van der Waals surface area contributed by atoms with E-state index in [1.165, 1.54) is 30.6 Å². The standard InChI is InChI=1S/C18H12F2N4O2S/c19-15-6-7-16(24-27(25,26)13-2-1-9-22-11-13)18(20)14(15)5-3-12-4-8-17(21)23-10-12/h1-2,4,6-11,24H,(H2,21,23). The van der Waals surface area contributed by atoms with Crippen LogP contribution in [0.2, 0.25) is 0 Å². The lowest BCUT2D eigenvalue weighted by Crippen LogP contribution is -2.14. The molecule has 0 bridgehead atoms. The van der Waals surface area contributed by atoms with Gasteiger partial charge in [-0.3, -0.25) is 9.71 Å². The summed E-state index contributed by atoms with van der Waals surface area (Å²) in [6.07, 6.45) is 3.86. The number of benzene rings is 1. The van der Waals surface area contributed by atoms with Crippen LogP contribution in [-0.2, 0) is 10.0 Å². The van der Waals surface area contributed by atoms with Gasteiger partial charge in [0.15, 0.2) is 5.82 Å². The molecule has 0 aliphatic heterocycles. The zero-order chi connectivity index (χ0) is 19.4. The molecule has 2 heterocycles. The predicted octanol–water partition coefficient (Wildman–Crippen LogP) is 2.54. The number of nitrogens with two attached hydrogens (primary N) is 1. The normalized spacial score (nSPS) is 10.7. The molecule has 3 N–H and O–H groups in total. The lowest BCUT2D eigenvalue weighted by atomic mass is 10.1. The highest BCUT2D eigenvalue weighted by atomic mass is 32.2. The molecule has 3 rings (SSSR count). The van der Waals surface area contributed by atoms with E-state index in [9.17, 15) is 17.2 Å². The first-order valence-corrected chi connectivity index (χ1v) is 8.99. The van der Waals surface area contributed by atoms with Gasteiger partial charge in [0.25, 0.3) is 10.0 Å². The minimum atomic E-state index is -4.08. The molecule has 0 aliphatic carbocycles. The molecule has 3 aromatic rings. The van der Waals surface area contributed by atoms with Crippen LogP contribution < -0.4 is 10.5 Å². The Bertz CT molecular complexity index is 1140. The first-order valence-electron chi connectivity index (χ1n) is 7.51. The molecule has 0 atom stereocenters. The highest BCUT2D eigenvalue weighted by Crippen LogP contribution is 2.23. The Morgan fingerprint density at radius 1 is 1.04 bits per heavy atom. The number of hydrogen-bond acceptors (Lipinski definition) is 5. The van der Waals surface area contributed by atoms with E-state index in [0.717, 1.165) is 18.3 Å². The van der Waals surface area contributed by atoms with Gasteiger partial charge in [0.05, 0.1) is 11.3 Å². The molecule has 0 fully saturated rings. The van der Waals surface area contributed by atoms with Gasteiger partial charge in [-0.1, -0.05) is 11.8 Å². The Morgan fingerprint density at radius 2 is 1.85 bits per heavy atom. The quantitative estimate of drug-likeness (QED) is 0.674. The van der Waals surface area contributed by atoms with Crippen LogP contribution in [0.1, 0.15) is 11.1 Å². The van der Waals surface area contributed by atoms with Crippen molar-refractivity contribution in [2.45, 2.75) is 4.90 Å². The van der Waals surface area contributed by atoms with Crippen molar-refractivity contribution in [2.24, 2.45) is 0 Å². The lowest BCUT2D eigenvalue weighted by Gasteiger charge is -2.10. The summed E-state index contributed by atoms with van der Waals surface area (Å²) in [7, 11) is -4.08. The maximum atomic E-state index is 14.6. The third-order valence-electron chi connectivity index (χ3n) is 3.40. The minimum Gasteiger partial charge on any atom is -0.384 e. The van der Waals surface area contributed by atoms with Crippen LogP contribution in [0, 0.1) is 23.5 Å². The molecule has 27 heavy (non-hydrogen) atoms. The fourth-order valence-corrected chi connectivity index (χ4v) is 3.09. The molecule has 0 aliphatic rings. The fraction of sp³-hybridized carbons (Fsp3) is 0. The van der Waals surface area contributed by atoms with E-state index in [1.807, 2.05) is 0 Å². The monoisotopic (exact) mass is 386 g/mol. The van der Waals surface area contributed by atoms with Crippen molar-refractivity contribution in [1.29, 1.82) is 0 Å². The summed E-state index contributed by atoms with van der Waals surface area (Å²) in [5.41, 5.74) is 4.85. The molecule has 0 saturated carbocycles. The second kappa shape index (κ2) is 7.39. The van der Waals surface area contributed by atoms with Gasteiger partial charge in [-0.15, -0.1) is 0 Å². The number of anilines is 2. The Hall–Kier alpha value is -3.51. The average molecular weight is 386 g/mol. The van der Waals surface area contributed by atoms with Gasteiger partial charge in [0.2, 0.25) is 0 Å². The fourth-order valence-electron chi connectivity index (χ4n) is 2.07. The lowest BCUT2D eigenvalue weighted by molar-refractivity contribution is 0.578. The van der Waals surface area contributed by atoms with Crippen LogP contribution in [0.15, 0.2) is 59.9 Å². The average Bonchev–Trinajstić information content (AvgIpc) is 2.66. The first-order chi connectivity index (χ1) is 12.9. The Balaban J connectivity index is 1.96. The van der Waals surface area contributed by atoms with Crippen LogP contribution in [0.5, 0.6) is 0 Å². The number of nitrogen functional groups attached to an aromatic ring is 1. The van der Waals surface area contributed by atoms with Crippen molar-refractivity contribution in [3.05, 3.63) is 77.8 Å². The molecule has 0 radical (unpaired) electrons. The number of aromatic nitrogens is 2. The van der Waals surface area contributed by atoms with Gasteiger partial charge >= 0.3 is 0 Å². The van der Waals surface area contributed by atoms with Crippen molar-refractivity contribution in [3.8, 4) is 11.8 Å². The van der Waals surface area contributed by atoms with Gasteiger partial charge in [0.1, 0.15) is 16.5 Å². The summed E-state index contributed by atoms with van der Waals surface area (Å²) in [5, 5.41) is 0. The zero-order valence-electron chi connectivity index (χ0n) is 13.6. The van der Waals surface area contributed by atoms with E-state index < -0.39 is 32.9 Å². The molecular weight excluding hydrogens is 374 g/mol.